The second-order valence-corrected chi connectivity index (χ2v) is 4.68. The van der Waals surface area contributed by atoms with Gasteiger partial charge >= 0.3 is 29.6 Å². The molecule has 1 aromatic rings. The van der Waals surface area contributed by atoms with Gasteiger partial charge in [-0.3, -0.25) is 18.7 Å². The van der Waals surface area contributed by atoms with E-state index in [-0.39, 0.29) is 60.1 Å². The van der Waals surface area contributed by atoms with Crippen molar-refractivity contribution in [2.75, 3.05) is 12.3 Å². The van der Waals surface area contributed by atoms with Crippen molar-refractivity contribution in [3.8, 4) is 0 Å². The Hall–Kier alpha value is -0.530. The average molecular weight is 275 g/mol. The molecule has 0 radical (unpaired) electrons. The fourth-order valence-corrected chi connectivity index (χ4v) is 2.15. The summed E-state index contributed by atoms with van der Waals surface area (Å²) in [5, 5.41) is 0. The van der Waals surface area contributed by atoms with Crippen LogP contribution in [0.4, 0.5) is 0 Å². The van der Waals surface area contributed by atoms with Crippen LogP contribution in [0.25, 0.3) is 0 Å². The molecule has 0 N–H and O–H groups in total. The predicted octanol–water partition coefficient (Wildman–Crippen LogP) is -2.44. The molecule has 0 fully saturated rings. The van der Waals surface area contributed by atoms with Gasteiger partial charge in [-0.2, -0.15) is 0 Å². The van der Waals surface area contributed by atoms with Gasteiger partial charge in [0.1, 0.15) is 0 Å². The molecule has 5 nitrogen and oxygen atoms in total. The number of imide groups is 1. The van der Waals surface area contributed by atoms with Gasteiger partial charge in [0.2, 0.25) is 0 Å². The normalized spacial score (nSPS) is 15.3. The van der Waals surface area contributed by atoms with Gasteiger partial charge < -0.3 is 4.55 Å². The maximum absolute atomic E-state index is 11.8. The number of hydrogen-bond donors (Lipinski definition) is 0. The summed E-state index contributed by atoms with van der Waals surface area (Å²) in [6.07, 6.45) is 0.265. The molecule has 0 saturated heterocycles. The van der Waals surface area contributed by atoms with Crippen LogP contribution in [-0.4, -0.2) is 37.8 Å². The largest absolute Gasteiger partial charge is 1.00 e. The van der Waals surface area contributed by atoms with E-state index in [0.29, 0.717) is 11.1 Å². The zero-order valence-electron chi connectivity index (χ0n) is 9.92. The van der Waals surface area contributed by atoms with Gasteiger partial charge in [-0.15, -0.1) is 0 Å². The number of benzene rings is 1. The molecule has 0 aliphatic carbocycles. The van der Waals surface area contributed by atoms with E-state index in [2.05, 4.69) is 0 Å². The summed E-state index contributed by atoms with van der Waals surface area (Å²) in [5.74, 6) is -0.738. The molecule has 1 aromatic carbocycles. The van der Waals surface area contributed by atoms with Crippen molar-refractivity contribution < 1.29 is 47.9 Å². The van der Waals surface area contributed by atoms with E-state index in [0.717, 1.165) is 4.90 Å². The maximum Gasteiger partial charge on any atom is 1.00 e. The van der Waals surface area contributed by atoms with Crippen LogP contribution in [0, 0.1) is 0 Å². The summed E-state index contributed by atoms with van der Waals surface area (Å²) in [7, 11) is 0. The van der Waals surface area contributed by atoms with E-state index in [9.17, 15) is 18.4 Å². The van der Waals surface area contributed by atoms with E-state index >= 15 is 0 Å². The minimum atomic E-state index is -2.14. The molecule has 0 saturated carbocycles. The third-order valence-corrected chi connectivity index (χ3v) is 3.19. The van der Waals surface area contributed by atoms with Crippen molar-refractivity contribution in [1.82, 2.24) is 4.90 Å². The van der Waals surface area contributed by atoms with Gasteiger partial charge in [-0.05, 0) is 18.6 Å². The Morgan fingerprint density at radius 2 is 1.61 bits per heavy atom. The number of nitrogens with zero attached hydrogens (tertiary/aromatic N) is 1. The number of amides is 2. The van der Waals surface area contributed by atoms with Crippen LogP contribution in [-0.2, 0) is 11.1 Å². The fraction of sp³-hybridized carbons (Fsp3) is 0.273. The van der Waals surface area contributed by atoms with Gasteiger partial charge in [-0.1, -0.05) is 23.2 Å². The topological polar surface area (TPSA) is 77.5 Å². The Morgan fingerprint density at radius 1 is 1.11 bits per heavy atom. The van der Waals surface area contributed by atoms with Crippen LogP contribution in [0.3, 0.4) is 0 Å². The van der Waals surface area contributed by atoms with Crippen LogP contribution >= 0.6 is 0 Å². The summed E-state index contributed by atoms with van der Waals surface area (Å²) in [4.78, 5) is 24.8. The first-order chi connectivity index (χ1) is 8.11. The molecule has 18 heavy (non-hydrogen) atoms. The molecule has 1 heterocycles. The van der Waals surface area contributed by atoms with E-state index in [1.807, 2.05) is 0 Å². The van der Waals surface area contributed by atoms with Crippen LogP contribution in [0.1, 0.15) is 27.1 Å². The molecular weight excluding hydrogens is 265 g/mol. The van der Waals surface area contributed by atoms with Crippen LogP contribution in [0.5, 0.6) is 0 Å². The summed E-state index contributed by atoms with van der Waals surface area (Å²) >= 11 is -2.14. The molecule has 0 bridgehead atoms. The molecular formula is C11H10NNaO4S. The SMILES string of the molecule is O=C1c2ccccc2C(=O)N1CCCS(=O)[O-].[Na+]. The van der Waals surface area contributed by atoms with Crippen molar-refractivity contribution in [2.45, 2.75) is 6.42 Å². The van der Waals surface area contributed by atoms with E-state index < -0.39 is 11.1 Å². The van der Waals surface area contributed by atoms with Gasteiger partial charge in [-0.25, -0.2) is 0 Å². The van der Waals surface area contributed by atoms with Crippen molar-refractivity contribution in [3.05, 3.63) is 35.4 Å². The smallest absolute Gasteiger partial charge is 0.772 e. The van der Waals surface area contributed by atoms with Gasteiger partial charge in [0.05, 0.1) is 11.1 Å². The van der Waals surface area contributed by atoms with Crippen LogP contribution in [0.2, 0.25) is 0 Å². The fourth-order valence-electron chi connectivity index (χ4n) is 1.78. The first-order valence-corrected chi connectivity index (χ1v) is 6.37. The number of carbonyl (C=O) groups is 2. The second-order valence-electron chi connectivity index (χ2n) is 3.67. The molecule has 7 heteroatoms. The summed E-state index contributed by atoms with van der Waals surface area (Å²) in [5.41, 5.74) is 0.779. The zero-order valence-corrected chi connectivity index (χ0v) is 12.7. The maximum atomic E-state index is 11.8. The monoisotopic (exact) mass is 275 g/mol. The Bertz CT molecular complexity index is 471. The summed E-state index contributed by atoms with van der Waals surface area (Å²) < 4.78 is 20.7. The molecule has 1 unspecified atom stereocenters. The van der Waals surface area contributed by atoms with E-state index in [1.165, 1.54) is 0 Å². The third-order valence-electron chi connectivity index (χ3n) is 2.57. The molecule has 1 atom stereocenters. The first kappa shape index (κ1) is 15.5. The molecule has 2 rings (SSSR count). The standard InChI is InChI=1S/C11H11NO4S.Na/c13-10-8-4-1-2-5-9(8)11(14)12(10)6-3-7-17(15)16;/h1-2,4-5H,3,6-7H2,(H,15,16);/q;+1/p-1. The molecule has 0 aromatic heterocycles. The van der Waals surface area contributed by atoms with Gasteiger partial charge in [0.25, 0.3) is 11.8 Å². The molecule has 2 amide bonds. The third kappa shape index (κ3) is 3.07. The Morgan fingerprint density at radius 3 is 2.06 bits per heavy atom. The Kier molecular flexibility index (Phi) is 5.68. The van der Waals surface area contributed by atoms with Crippen molar-refractivity contribution in [3.63, 3.8) is 0 Å². The number of hydrogen-bond acceptors (Lipinski definition) is 4. The van der Waals surface area contributed by atoms with E-state index in [1.54, 1.807) is 24.3 Å². The number of rotatable bonds is 4. The van der Waals surface area contributed by atoms with Crippen LogP contribution < -0.4 is 29.6 Å². The molecule has 1 aliphatic heterocycles. The minimum absolute atomic E-state index is 0. The van der Waals surface area contributed by atoms with Crippen molar-refractivity contribution >= 4 is 22.9 Å². The zero-order chi connectivity index (χ0) is 12.4. The summed E-state index contributed by atoms with van der Waals surface area (Å²) in [6, 6.07) is 6.59. The number of fused-ring (bicyclic) bond motifs is 1. The number of carbonyl (C=O) groups excluding carboxylic acids is 2. The van der Waals surface area contributed by atoms with Gasteiger partial charge in [0.15, 0.2) is 0 Å². The van der Waals surface area contributed by atoms with E-state index in [4.69, 9.17) is 0 Å². The quantitative estimate of drug-likeness (QED) is 0.347. The summed E-state index contributed by atoms with van der Waals surface area (Å²) in [6.45, 7) is 0.139. The van der Waals surface area contributed by atoms with Crippen molar-refractivity contribution in [2.24, 2.45) is 0 Å². The Balaban J connectivity index is 0.00000162. The van der Waals surface area contributed by atoms with Crippen LogP contribution in [0.15, 0.2) is 24.3 Å². The first-order valence-electron chi connectivity index (χ1n) is 5.12. The van der Waals surface area contributed by atoms with Gasteiger partial charge in [0, 0.05) is 12.3 Å². The van der Waals surface area contributed by atoms with Crippen molar-refractivity contribution in [1.29, 1.82) is 0 Å². The minimum Gasteiger partial charge on any atom is -0.772 e. The predicted molar refractivity (Wildman–Crippen MR) is 60.2 cm³/mol. The average Bonchev–Trinajstić information content (AvgIpc) is 2.54. The molecule has 1 aliphatic rings. The second kappa shape index (κ2) is 6.58. The molecule has 0 spiro atoms. The molecule has 90 valence electrons. The Labute approximate surface area is 129 Å².